The minimum atomic E-state index is -3.88. The average molecular weight is 436 g/mol. The number of sulfonamides is 1. The quantitative estimate of drug-likeness (QED) is 0.697. The van der Waals surface area contributed by atoms with Gasteiger partial charge in [0.2, 0.25) is 5.91 Å². The van der Waals surface area contributed by atoms with Crippen LogP contribution >= 0.6 is 11.3 Å². The first-order valence-electron chi connectivity index (χ1n) is 9.51. The molecule has 2 aromatic rings. The summed E-state index contributed by atoms with van der Waals surface area (Å²) in [6, 6.07) is 8.47. The summed E-state index contributed by atoms with van der Waals surface area (Å²) in [6.07, 6.45) is 2.70. The van der Waals surface area contributed by atoms with Gasteiger partial charge in [0.25, 0.3) is 15.9 Å². The lowest BCUT2D eigenvalue weighted by Crippen LogP contribution is -2.40. The molecule has 1 saturated heterocycles. The summed E-state index contributed by atoms with van der Waals surface area (Å²) < 4.78 is 28.3. The fraction of sp³-hybridized carbons (Fsp3) is 0.400. The van der Waals surface area contributed by atoms with Gasteiger partial charge in [-0.1, -0.05) is 17.7 Å². The number of amides is 2. The number of anilines is 1. The van der Waals surface area contributed by atoms with Gasteiger partial charge in [0.05, 0.1) is 0 Å². The maximum absolute atomic E-state index is 13.1. The highest BCUT2D eigenvalue weighted by Gasteiger charge is 2.30. The van der Waals surface area contributed by atoms with Crippen molar-refractivity contribution in [3.63, 3.8) is 0 Å². The molecule has 0 spiro atoms. The maximum Gasteiger partial charge on any atom is 0.265 e. The van der Waals surface area contributed by atoms with Crippen LogP contribution in [0.4, 0.5) is 5.69 Å². The van der Waals surface area contributed by atoms with Crippen LogP contribution in [0.3, 0.4) is 0 Å². The normalized spacial score (nSPS) is 17.1. The van der Waals surface area contributed by atoms with E-state index in [2.05, 4.69) is 4.72 Å². The van der Waals surface area contributed by atoms with Crippen LogP contribution in [0.15, 0.2) is 40.6 Å². The van der Waals surface area contributed by atoms with Crippen LogP contribution in [0, 0.1) is 12.8 Å². The first-order chi connectivity index (χ1) is 13.8. The predicted molar refractivity (Wildman–Crippen MR) is 113 cm³/mol. The van der Waals surface area contributed by atoms with E-state index in [1.54, 1.807) is 22.4 Å². The molecule has 1 aliphatic heterocycles. The van der Waals surface area contributed by atoms with Crippen molar-refractivity contribution in [1.29, 1.82) is 0 Å². The average Bonchev–Trinajstić information content (AvgIpc) is 3.18. The summed E-state index contributed by atoms with van der Waals surface area (Å²) in [7, 11) is -3.88. The van der Waals surface area contributed by atoms with Gasteiger partial charge in [0, 0.05) is 25.2 Å². The number of primary amides is 1. The molecule has 7 nitrogen and oxygen atoms in total. The molecule has 29 heavy (non-hydrogen) atoms. The molecule has 1 fully saturated rings. The molecule has 3 N–H and O–H groups in total. The highest BCUT2D eigenvalue weighted by molar-refractivity contribution is 7.93. The molecule has 3 rings (SSSR count). The van der Waals surface area contributed by atoms with Crippen molar-refractivity contribution in [3.8, 4) is 0 Å². The number of nitrogens with two attached hydrogens (primary N) is 1. The summed E-state index contributed by atoms with van der Waals surface area (Å²) in [5.41, 5.74) is 6.70. The highest BCUT2D eigenvalue weighted by Crippen LogP contribution is 2.28. The van der Waals surface area contributed by atoms with Crippen LogP contribution in [0.1, 0.15) is 40.9 Å². The number of thiophene rings is 1. The molecule has 0 radical (unpaired) electrons. The Hall–Kier alpha value is -2.39. The van der Waals surface area contributed by atoms with Crippen molar-refractivity contribution >= 4 is 38.9 Å². The number of nitrogens with zero attached hydrogens (tertiary/aromatic N) is 1. The summed E-state index contributed by atoms with van der Waals surface area (Å²) in [4.78, 5) is 26.0. The van der Waals surface area contributed by atoms with Gasteiger partial charge >= 0.3 is 0 Å². The van der Waals surface area contributed by atoms with Gasteiger partial charge in [-0.15, -0.1) is 11.3 Å². The van der Waals surface area contributed by atoms with E-state index in [0.717, 1.165) is 29.7 Å². The van der Waals surface area contributed by atoms with Gasteiger partial charge in [-0.3, -0.25) is 14.3 Å². The second-order valence-electron chi connectivity index (χ2n) is 7.35. The number of nitrogens with one attached hydrogen (secondary N) is 1. The molecule has 9 heteroatoms. The molecule has 1 atom stereocenters. The summed E-state index contributed by atoms with van der Waals surface area (Å²) in [6.45, 7) is 3.01. The number of piperidine rings is 1. The van der Waals surface area contributed by atoms with Crippen molar-refractivity contribution < 1.29 is 18.0 Å². The monoisotopic (exact) mass is 435 g/mol. The minimum absolute atomic E-state index is 0.00710. The van der Waals surface area contributed by atoms with Crippen LogP contribution in [-0.2, 0) is 14.8 Å². The maximum atomic E-state index is 13.1. The van der Waals surface area contributed by atoms with Gasteiger partial charge in [0.15, 0.2) is 0 Å². The van der Waals surface area contributed by atoms with E-state index in [0.29, 0.717) is 31.6 Å². The molecule has 2 amide bonds. The van der Waals surface area contributed by atoms with Gasteiger partial charge < -0.3 is 10.6 Å². The van der Waals surface area contributed by atoms with Gasteiger partial charge in [-0.05, 0) is 55.7 Å². The number of carbonyl (C=O) groups is 2. The Kier molecular flexibility index (Phi) is 6.59. The molecule has 0 saturated carbocycles. The molecule has 156 valence electrons. The van der Waals surface area contributed by atoms with E-state index in [1.807, 2.05) is 19.1 Å². The molecule has 0 bridgehead atoms. The second-order valence-corrected chi connectivity index (χ2v) is 9.92. The molecule has 1 aromatic heterocycles. The molecule has 1 aromatic carbocycles. The van der Waals surface area contributed by atoms with E-state index < -0.39 is 10.0 Å². The minimum Gasteiger partial charge on any atom is -0.370 e. The third-order valence-corrected chi connectivity index (χ3v) is 7.48. The summed E-state index contributed by atoms with van der Waals surface area (Å²) >= 11 is 1.13. The number of hydrogen-bond acceptors (Lipinski definition) is 5. The molecule has 0 aliphatic carbocycles. The topological polar surface area (TPSA) is 110 Å². The number of rotatable bonds is 7. The Balaban J connectivity index is 1.75. The predicted octanol–water partition coefficient (Wildman–Crippen LogP) is 2.98. The van der Waals surface area contributed by atoms with Crippen LogP contribution in [0.25, 0.3) is 0 Å². The van der Waals surface area contributed by atoms with Crippen LogP contribution < -0.4 is 10.5 Å². The molecule has 2 heterocycles. The number of hydrogen-bond donors (Lipinski definition) is 2. The lowest BCUT2D eigenvalue weighted by Gasteiger charge is -2.32. The van der Waals surface area contributed by atoms with Crippen molar-refractivity contribution in [1.82, 2.24) is 4.90 Å². The van der Waals surface area contributed by atoms with Gasteiger partial charge in [-0.2, -0.15) is 0 Å². The molecule has 1 aliphatic rings. The third-order valence-electron chi connectivity index (χ3n) is 5.02. The first kappa shape index (κ1) is 21.3. The van der Waals surface area contributed by atoms with Gasteiger partial charge in [0.1, 0.15) is 9.77 Å². The zero-order chi connectivity index (χ0) is 21.0. The summed E-state index contributed by atoms with van der Waals surface area (Å²) in [5, 5.41) is 1.62. The summed E-state index contributed by atoms with van der Waals surface area (Å²) in [5.74, 6) is -0.429. The Morgan fingerprint density at radius 2 is 1.97 bits per heavy atom. The van der Waals surface area contributed by atoms with Crippen molar-refractivity contribution in [2.45, 2.75) is 37.5 Å². The largest absolute Gasteiger partial charge is 0.370 e. The fourth-order valence-corrected chi connectivity index (χ4v) is 5.92. The van der Waals surface area contributed by atoms with Crippen molar-refractivity contribution in [2.24, 2.45) is 11.7 Å². The third kappa shape index (κ3) is 5.36. The van der Waals surface area contributed by atoms with Crippen LogP contribution in [0.2, 0.25) is 0 Å². The fourth-order valence-electron chi connectivity index (χ4n) is 3.47. The van der Waals surface area contributed by atoms with E-state index >= 15 is 0 Å². The number of likely N-dealkylation sites (tertiary alicyclic amines) is 1. The SMILES string of the molecule is Cc1ccc(NS(=O)(=O)c2ccsc2C(=O)N2CCCC(CCC(N)=O)C2)cc1. The van der Waals surface area contributed by atoms with Gasteiger partial charge in [-0.25, -0.2) is 8.42 Å². The second kappa shape index (κ2) is 8.96. The van der Waals surface area contributed by atoms with Crippen LogP contribution in [-0.4, -0.2) is 38.2 Å². The van der Waals surface area contributed by atoms with Crippen molar-refractivity contribution in [3.05, 3.63) is 46.2 Å². The Bertz CT molecular complexity index is 983. The zero-order valence-corrected chi connectivity index (χ0v) is 17.9. The Labute approximate surface area is 175 Å². The lowest BCUT2D eigenvalue weighted by molar-refractivity contribution is -0.118. The molecular weight excluding hydrogens is 410 g/mol. The zero-order valence-electron chi connectivity index (χ0n) is 16.3. The van der Waals surface area contributed by atoms with Crippen LogP contribution in [0.5, 0.6) is 0 Å². The van der Waals surface area contributed by atoms with Crippen molar-refractivity contribution in [2.75, 3.05) is 17.8 Å². The standard InChI is InChI=1S/C20H25N3O4S2/c1-14-4-7-16(8-5-14)22-29(26,27)17-10-12-28-19(17)20(25)23-11-2-3-15(13-23)6-9-18(21)24/h4-5,7-8,10,12,15,22H,2-3,6,9,11,13H2,1H3,(H2,21,24). The molecular formula is C20H25N3O4S2. The smallest absolute Gasteiger partial charge is 0.265 e. The van der Waals surface area contributed by atoms with E-state index in [1.165, 1.54) is 6.07 Å². The number of aryl methyl sites for hydroxylation is 1. The van der Waals surface area contributed by atoms with E-state index in [4.69, 9.17) is 5.73 Å². The lowest BCUT2D eigenvalue weighted by atomic mass is 9.93. The molecule has 1 unspecified atom stereocenters. The number of carbonyl (C=O) groups excluding carboxylic acids is 2. The van der Waals surface area contributed by atoms with E-state index in [9.17, 15) is 18.0 Å². The first-order valence-corrected chi connectivity index (χ1v) is 11.9. The van der Waals surface area contributed by atoms with E-state index in [-0.39, 0.29) is 27.5 Å². The Morgan fingerprint density at radius 3 is 2.66 bits per heavy atom. The highest BCUT2D eigenvalue weighted by atomic mass is 32.2. The number of benzene rings is 1. The Morgan fingerprint density at radius 1 is 1.24 bits per heavy atom.